The molecule has 1 aromatic rings. The Labute approximate surface area is 119 Å². The SMILES string of the molecule is COC1CCCN(c2nc(C(C)(C)C)c(CO)s2)C1. The van der Waals surface area contributed by atoms with Crippen molar-refractivity contribution in [3.8, 4) is 0 Å². The molecule has 1 atom stereocenters. The summed E-state index contributed by atoms with van der Waals surface area (Å²) in [5, 5.41) is 10.5. The fourth-order valence-electron chi connectivity index (χ4n) is 2.47. The molecule has 5 heteroatoms. The molecule has 1 aliphatic heterocycles. The molecule has 4 nitrogen and oxygen atoms in total. The van der Waals surface area contributed by atoms with E-state index in [-0.39, 0.29) is 12.0 Å². The van der Waals surface area contributed by atoms with E-state index in [4.69, 9.17) is 9.72 Å². The van der Waals surface area contributed by atoms with Crippen LogP contribution in [-0.2, 0) is 16.8 Å². The summed E-state index contributed by atoms with van der Waals surface area (Å²) >= 11 is 1.61. The van der Waals surface area contributed by atoms with Gasteiger partial charge in [0.25, 0.3) is 0 Å². The summed E-state index contributed by atoms with van der Waals surface area (Å²) < 4.78 is 5.46. The first-order valence-electron chi connectivity index (χ1n) is 6.84. The van der Waals surface area contributed by atoms with Crippen molar-refractivity contribution in [3.05, 3.63) is 10.6 Å². The number of nitrogens with zero attached hydrogens (tertiary/aromatic N) is 2. The van der Waals surface area contributed by atoms with Crippen molar-refractivity contribution in [2.45, 2.75) is 51.7 Å². The summed E-state index contributed by atoms with van der Waals surface area (Å²) in [6.45, 7) is 8.42. The van der Waals surface area contributed by atoms with Gasteiger partial charge in [0.1, 0.15) is 0 Å². The van der Waals surface area contributed by atoms with Gasteiger partial charge in [-0.25, -0.2) is 4.98 Å². The third kappa shape index (κ3) is 3.27. The highest BCUT2D eigenvalue weighted by Crippen LogP contribution is 2.34. The Morgan fingerprint density at radius 1 is 1.47 bits per heavy atom. The lowest BCUT2D eigenvalue weighted by atomic mass is 9.91. The third-order valence-electron chi connectivity index (χ3n) is 3.52. The minimum atomic E-state index is -0.0245. The Morgan fingerprint density at radius 3 is 2.74 bits per heavy atom. The minimum absolute atomic E-state index is 0.0245. The standard InChI is InChI=1S/C14H24N2O2S/c1-14(2,3)12-11(9-17)19-13(15-12)16-7-5-6-10(8-16)18-4/h10,17H,5-9H2,1-4H3. The maximum atomic E-state index is 9.52. The largest absolute Gasteiger partial charge is 0.391 e. The van der Waals surface area contributed by atoms with Gasteiger partial charge in [-0.3, -0.25) is 0 Å². The van der Waals surface area contributed by atoms with Gasteiger partial charge in [0.15, 0.2) is 5.13 Å². The Bertz CT molecular complexity index is 426. The number of hydrogen-bond donors (Lipinski definition) is 1. The Balaban J connectivity index is 2.23. The summed E-state index contributed by atoms with van der Waals surface area (Å²) in [5.41, 5.74) is 0.998. The average Bonchev–Trinajstić information content (AvgIpc) is 2.83. The molecule has 0 radical (unpaired) electrons. The van der Waals surface area contributed by atoms with Gasteiger partial charge in [-0.1, -0.05) is 32.1 Å². The number of methoxy groups -OCH3 is 1. The number of aliphatic hydroxyl groups is 1. The predicted molar refractivity (Wildman–Crippen MR) is 79.0 cm³/mol. The molecule has 0 spiro atoms. The topological polar surface area (TPSA) is 45.6 Å². The van der Waals surface area contributed by atoms with Gasteiger partial charge in [-0.15, -0.1) is 0 Å². The van der Waals surface area contributed by atoms with Crippen molar-refractivity contribution < 1.29 is 9.84 Å². The first-order chi connectivity index (χ1) is 8.95. The fourth-order valence-corrected chi connectivity index (χ4v) is 3.64. The number of aromatic nitrogens is 1. The van der Waals surface area contributed by atoms with Crippen molar-refractivity contribution >= 4 is 16.5 Å². The summed E-state index contributed by atoms with van der Waals surface area (Å²) in [5.74, 6) is 0. The predicted octanol–water partition coefficient (Wildman–Crippen LogP) is 2.55. The highest BCUT2D eigenvalue weighted by Gasteiger charge is 2.27. The maximum absolute atomic E-state index is 9.52. The summed E-state index contributed by atoms with van der Waals surface area (Å²) in [6.07, 6.45) is 2.56. The van der Waals surface area contributed by atoms with Gasteiger partial charge in [0.2, 0.25) is 0 Å². The molecule has 19 heavy (non-hydrogen) atoms. The molecule has 1 aliphatic rings. The number of rotatable bonds is 3. The first kappa shape index (κ1) is 14.8. The van der Waals surface area contributed by atoms with E-state index in [9.17, 15) is 5.11 Å². The van der Waals surface area contributed by atoms with Crippen LogP contribution < -0.4 is 4.90 Å². The quantitative estimate of drug-likeness (QED) is 0.926. The molecule has 1 unspecified atom stereocenters. The molecule has 0 bridgehead atoms. The lowest BCUT2D eigenvalue weighted by Gasteiger charge is -2.31. The monoisotopic (exact) mass is 284 g/mol. The zero-order valence-corrected chi connectivity index (χ0v) is 13.1. The lowest BCUT2D eigenvalue weighted by molar-refractivity contribution is 0.0893. The molecule has 2 rings (SSSR count). The van der Waals surface area contributed by atoms with Gasteiger partial charge < -0.3 is 14.7 Å². The van der Waals surface area contributed by atoms with E-state index in [1.807, 2.05) is 0 Å². The molecule has 0 aromatic carbocycles. The number of ether oxygens (including phenoxy) is 1. The molecular weight excluding hydrogens is 260 g/mol. The van der Waals surface area contributed by atoms with Crippen LogP contribution in [-0.4, -0.2) is 36.4 Å². The Kier molecular flexibility index (Phi) is 4.48. The number of thiazole rings is 1. The normalized spacial score (nSPS) is 20.9. The van der Waals surface area contributed by atoms with Crippen LogP contribution >= 0.6 is 11.3 Å². The molecule has 1 aromatic heterocycles. The molecule has 0 aliphatic carbocycles. The summed E-state index contributed by atoms with van der Waals surface area (Å²) in [4.78, 5) is 8.05. The molecule has 0 amide bonds. The van der Waals surface area contributed by atoms with Crippen molar-refractivity contribution in [1.29, 1.82) is 0 Å². The Hall–Kier alpha value is -0.650. The average molecular weight is 284 g/mol. The number of piperidine rings is 1. The van der Waals surface area contributed by atoms with Crippen LogP contribution in [0, 0.1) is 0 Å². The molecular formula is C14H24N2O2S. The maximum Gasteiger partial charge on any atom is 0.185 e. The van der Waals surface area contributed by atoms with Crippen LogP contribution in [0.4, 0.5) is 5.13 Å². The molecule has 1 saturated heterocycles. The molecule has 108 valence electrons. The van der Waals surface area contributed by atoms with Gasteiger partial charge in [0.05, 0.1) is 23.3 Å². The molecule has 1 fully saturated rings. The highest BCUT2D eigenvalue weighted by molar-refractivity contribution is 7.15. The summed E-state index contributed by atoms with van der Waals surface area (Å²) in [6, 6.07) is 0. The summed E-state index contributed by atoms with van der Waals surface area (Å²) in [7, 11) is 1.77. The van der Waals surface area contributed by atoms with Gasteiger partial charge >= 0.3 is 0 Å². The van der Waals surface area contributed by atoms with Crippen molar-refractivity contribution in [1.82, 2.24) is 4.98 Å². The second-order valence-corrected chi connectivity index (χ2v) is 7.18. The third-order valence-corrected chi connectivity index (χ3v) is 4.62. The van der Waals surface area contributed by atoms with Crippen LogP contribution in [0.2, 0.25) is 0 Å². The van der Waals surface area contributed by atoms with E-state index in [2.05, 4.69) is 25.7 Å². The minimum Gasteiger partial charge on any atom is -0.391 e. The van der Waals surface area contributed by atoms with E-state index in [0.717, 1.165) is 41.6 Å². The number of hydrogen-bond acceptors (Lipinski definition) is 5. The van der Waals surface area contributed by atoms with Crippen LogP contribution in [0.25, 0.3) is 0 Å². The fraction of sp³-hybridized carbons (Fsp3) is 0.786. The van der Waals surface area contributed by atoms with E-state index >= 15 is 0 Å². The van der Waals surface area contributed by atoms with E-state index in [0.29, 0.717) is 6.10 Å². The van der Waals surface area contributed by atoms with Gasteiger partial charge in [-0.05, 0) is 12.8 Å². The Morgan fingerprint density at radius 2 is 2.21 bits per heavy atom. The smallest absolute Gasteiger partial charge is 0.185 e. The van der Waals surface area contributed by atoms with Crippen LogP contribution in [0.5, 0.6) is 0 Å². The van der Waals surface area contributed by atoms with Crippen molar-refractivity contribution in [2.24, 2.45) is 0 Å². The van der Waals surface area contributed by atoms with E-state index in [1.54, 1.807) is 18.4 Å². The number of anilines is 1. The molecule has 2 heterocycles. The molecule has 1 N–H and O–H groups in total. The van der Waals surface area contributed by atoms with Crippen molar-refractivity contribution in [3.63, 3.8) is 0 Å². The lowest BCUT2D eigenvalue weighted by Crippen LogP contribution is -2.39. The van der Waals surface area contributed by atoms with E-state index in [1.165, 1.54) is 0 Å². The zero-order valence-electron chi connectivity index (χ0n) is 12.3. The van der Waals surface area contributed by atoms with Crippen LogP contribution in [0.15, 0.2) is 0 Å². The van der Waals surface area contributed by atoms with Crippen LogP contribution in [0.1, 0.15) is 44.2 Å². The van der Waals surface area contributed by atoms with Crippen LogP contribution in [0.3, 0.4) is 0 Å². The van der Waals surface area contributed by atoms with Gasteiger partial charge in [0, 0.05) is 25.6 Å². The van der Waals surface area contributed by atoms with E-state index < -0.39 is 0 Å². The van der Waals surface area contributed by atoms with Crippen molar-refractivity contribution in [2.75, 3.05) is 25.1 Å². The molecule has 0 saturated carbocycles. The highest BCUT2D eigenvalue weighted by atomic mass is 32.1. The second-order valence-electron chi connectivity index (χ2n) is 6.12. The second kappa shape index (κ2) is 5.77. The van der Waals surface area contributed by atoms with Gasteiger partial charge in [-0.2, -0.15) is 0 Å². The zero-order chi connectivity index (χ0) is 14.0. The first-order valence-corrected chi connectivity index (χ1v) is 7.66. The number of aliphatic hydroxyl groups excluding tert-OH is 1.